The lowest BCUT2D eigenvalue weighted by molar-refractivity contribution is -0.116. The fraction of sp³-hybridized carbons (Fsp3) is 0.235. The molecule has 0 spiro atoms. The molecule has 1 atom stereocenters. The van der Waals surface area contributed by atoms with Gasteiger partial charge in [-0.15, -0.1) is 0 Å². The van der Waals surface area contributed by atoms with Crippen LogP contribution in [0.5, 0.6) is 0 Å². The van der Waals surface area contributed by atoms with Crippen LogP contribution in [0.3, 0.4) is 0 Å². The van der Waals surface area contributed by atoms with Crippen LogP contribution in [0, 0.1) is 0 Å². The van der Waals surface area contributed by atoms with Gasteiger partial charge in [-0.2, -0.15) is 9.97 Å². The Kier molecular flexibility index (Phi) is 3.04. The molecule has 1 aromatic heterocycles. The summed E-state index contributed by atoms with van der Waals surface area (Å²) in [4.78, 5) is 21.0. The summed E-state index contributed by atoms with van der Waals surface area (Å²) in [6.07, 6.45) is 2.24. The largest absolute Gasteiger partial charge is 0.383 e. The predicted molar refractivity (Wildman–Crippen MR) is 88.6 cm³/mol. The quantitative estimate of drug-likeness (QED) is 0.745. The summed E-state index contributed by atoms with van der Waals surface area (Å²) in [7, 11) is 0. The Bertz CT molecular complexity index is 828. The Morgan fingerprint density at radius 1 is 1.09 bits per heavy atom. The summed E-state index contributed by atoms with van der Waals surface area (Å²) in [6.45, 7) is 0. The Morgan fingerprint density at radius 2 is 1.87 bits per heavy atom. The number of hydrogen-bond acceptors (Lipinski definition) is 6. The Morgan fingerprint density at radius 3 is 2.65 bits per heavy atom. The zero-order chi connectivity index (χ0) is 16.0. The standard InChI is InChI=1S/C17H17N5O/c18-15-14-12(9-5-2-1-3-6-9)13-10(7-4-8-11(13)23)20-16(14)22-17(19)21-15/h1-3,5-6,12H,4,7-8H2,(H5,18,19,20,21,22). The van der Waals surface area contributed by atoms with E-state index in [-0.39, 0.29) is 17.6 Å². The fourth-order valence-corrected chi connectivity index (χ4v) is 3.48. The van der Waals surface area contributed by atoms with Crippen LogP contribution in [0.2, 0.25) is 0 Å². The first-order valence-corrected chi connectivity index (χ1v) is 7.66. The van der Waals surface area contributed by atoms with Gasteiger partial charge < -0.3 is 16.8 Å². The summed E-state index contributed by atoms with van der Waals surface area (Å²) in [5, 5.41) is 3.26. The molecule has 0 fully saturated rings. The summed E-state index contributed by atoms with van der Waals surface area (Å²) in [6, 6.07) is 9.87. The number of nitrogens with one attached hydrogen (secondary N) is 1. The van der Waals surface area contributed by atoms with Gasteiger partial charge in [-0.1, -0.05) is 30.3 Å². The summed E-state index contributed by atoms with van der Waals surface area (Å²) in [5.41, 5.74) is 15.3. The van der Waals surface area contributed by atoms with Gasteiger partial charge in [-0.3, -0.25) is 4.79 Å². The third-order valence-electron chi connectivity index (χ3n) is 4.43. The van der Waals surface area contributed by atoms with Crippen LogP contribution >= 0.6 is 0 Å². The van der Waals surface area contributed by atoms with E-state index in [0.29, 0.717) is 18.1 Å². The number of aromatic nitrogens is 2. The minimum Gasteiger partial charge on any atom is -0.383 e. The van der Waals surface area contributed by atoms with Crippen molar-refractivity contribution >= 4 is 23.4 Å². The molecule has 2 aromatic rings. The molecule has 1 aliphatic heterocycles. The number of hydrogen-bond donors (Lipinski definition) is 3. The average molecular weight is 307 g/mol. The minimum atomic E-state index is -0.240. The minimum absolute atomic E-state index is 0.131. The third-order valence-corrected chi connectivity index (χ3v) is 4.43. The SMILES string of the molecule is Nc1nc(N)c2c(n1)NC1=C(C(=O)CCC1)C2c1ccccc1. The molecule has 23 heavy (non-hydrogen) atoms. The normalized spacial score (nSPS) is 19.8. The lowest BCUT2D eigenvalue weighted by atomic mass is 9.76. The number of rotatable bonds is 1. The number of nitrogens with two attached hydrogens (primary N) is 2. The topological polar surface area (TPSA) is 107 Å². The Hall–Kier alpha value is -2.89. The zero-order valence-corrected chi connectivity index (χ0v) is 12.5. The fourth-order valence-electron chi connectivity index (χ4n) is 3.48. The van der Waals surface area contributed by atoms with Crippen molar-refractivity contribution in [3.8, 4) is 0 Å². The van der Waals surface area contributed by atoms with Gasteiger partial charge in [0, 0.05) is 29.2 Å². The first kappa shape index (κ1) is 13.8. The van der Waals surface area contributed by atoms with E-state index in [2.05, 4.69) is 15.3 Å². The van der Waals surface area contributed by atoms with Crippen LogP contribution in [0.4, 0.5) is 17.6 Å². The summed E-state index contributed by atoms with van der Waals surface area (Å²) >= 11 is 0. The number of carbonyl (C=O) groups is 1. The van der Waals surface area contributed by atoms with Crippen LogP contribution in [0.25, 0.3) is 0 Å². The van der Waals surface area contributed by atoms with E-state index in [1.165, 1.54) is 0 Å². The second-order valence-corrected chi connectivity index (χ2v) is 5.87. The van der Waals surface area contributed by atoms with E-state index in [1.54, 1.807) is 0 Å². The Balaban J connectivity index is 1.99. The number of allylic oxidation sites excluding steroid dienone is 2. The number of Topliss-reactive ketones (excluding diaryl/α,β-unsaturated/α-hetero) is 1. The second-order valence-electron chi connectivity index (χ2n) is 5.87. The van der Waals surface area contributed by atoms with Crippen molar-refractivity contribution in [3.63, 3.8) is 0 Å². The highest BCUT2D eigenvalue weighted by Gasteiger charge is 2.37. The van der Waals surface area contributed by atoms with Crippen LogP contribution in [-0.2, 0) is 4.79 Å². The van der Waals surface area contributed by atoms with Gasteiger partial charge >= 0.3 is 0 Å². The molecule has 4 rings (SSSR count). The first-order valence-electron chi connectivity index (χ1n) is 7.66. The summed E-state index contributed by atoms with van der Waals surface area (Å²) < 4.78 is 0. The van der Waals surface area contributed by atoms with Crippen molar-refractivity contribution < 1.29 is 4.79 Å². The number of fused-ring (bicyclic) bond motifs is 1. The van der Waals surface area contributed by atoms with E-state index < -0.39 is 0 Å². The number of anilines is 3. The molecule has 6 heteroatoms. The van der Waals surface area contributed by atoms with Crippen LogP contribution < -0.4 is 16.8 Å². The lowest BCUT2D eigenvalue weighted by Gasteiger charge is -2.33. The number of ketones is 1. The third kappa shape index (κ3) is 2.14. The van der Waals surface area contributed by atoms with Gasteiger partial charge in [-0.25, -0.2) is 0 Å². The van der Waals surface area contributed by atoms with Crippen molar-refractivity contribution in [2.24, 2.45) is 0 Å². The highest BCUT2D eigenvalue weighted by Crippen LogP contribution is 2.46. The van der Waals surface area contributed by atoms with Crippen LogP contribution in [0.15, 0.2) is 41.6 Å². The molecule has 0 amide bonds. The van der Waals surface area contributed by atoms with E-state index in [0.717, 1.165) is 35.2 Å². The molecule has 6 nitrogen and oxygen atoms in total. The summed E-state index contributed by atoms with van der Waals surface area (Å²) in [5.74, 6) is 0.980. The highest BCUT2D eigenvalue weighted by atomic mass is 16.1. The molecule has 2 aliphatic rings. The number of benzene rings is 1. The molecular weight excluding hydrogens is 290 g/mol. The number of nitrogen functional groups attached to an aromatic ring is 2. The molecule has 5 N–H and O–H groups in total. The number of carbonyl (C=O) groups excluding carboxylic acids is 1. The molecule has 0 saturated carbocycles. The average Bonchev–Trinajstić information content (AvgIpc) is 2.54. The van der Waals surface area contributed by atoms with E-state index in [9.17, 15) is 4.79 Å². The number of nitrogens with zero attached hydrogens (tertiary/aromatic N) is 2. The molecule has 2 heterocycles. The van der Waals surface area contributed by atoms with Crippen molar-refractivity contribution in [1.29, 1.82) is 0 Å². The van der Waals surface area contributed by atoms with Gasteiger partial charge in [-0.05, 0) is 18.4 Å². The van der Waals surface area contributed by atoms with Crippen molar-refractivity contribution in [1.82, 2.24) is 9.97 Å². The van der Waals surface area contributed by atoms with Gasteiger partial charge in [0.25, 0.3) is 0 Å². The van der Waals surface area contributed by atoms with Crippen LogP contribution in [0.1, 0.15) is 36.3 Å². The molecule has 116 valence electrons. The smallest absolute Gasteiger partial charge is 0.223 e. The first-order chi connectivity index (χ1) is 11.1. The van der Waals surface area contributed by atoms with Gasteiger partial charge in [0.05, 0.1) is 0 Å². The monoisotopic (exact) mass is 307 g/mol. The Labute approximate surface area is 133 Å². The molecule has 1 aliphatic carbocycles. The zero-order valence-electron chi connectivity index (χ0n) is 12.5. The van der Waals surface area contributed by atoms with Gasteiger partial charge in [0.2, 0.25) is 5.95 Å². The maximum absolute atomic E-state index is 12.6. The van der Waals surface area contributed by atoms with E-state index in [4.69, 9.17) is 11.5 Å². The van der Waals surface area contributed by atoms with Gasteiger partial charge in [0.1, 0.15) is 11.6 Å². The predicted octanol–water partition coefficient (Wildman–Crippen LogP) is 2.21. The van der Waals surface area contributed by atoms with E-state index >= 15 is 0 Å². The maximum Gasteiger partial charge on any atom is 0.223 e. The lowest BCUT2D eigenvalue weighted by Crippen LogP contribution is -2.28. The molecule has 1 aromatic carbocycles. The highest BCUT2D eigenvalue weighted by molar-refractivity contribution is 6.01. The van der Waals surface area contributed by atoms with Crippen molar-refractivity contribution in [2.45, 2.75) is 25.2 Å². The van der Waals surface area contributed by atoms with Gasteiger partial charge in [0.15, 0.2) is 5.78 Å². The van der Waals surface area contributed by atoms with Crippen molar-refractivity contribution in [3.05, 3.63) is 52.7 Å². The molecule has 0 bridgehead atoms. The molecule has 0 saturated heterocycles. The van der Waals surface area contributed by atoms with Crippen molar-refractivity contribution in [2.75, 3.05) is 16.8 Å². The maximum atomic E-state index is 12.6. The molecule has 0 radical (unpaired) electrons. The van der Waals surface area contributed by atoms with Crippen LogP contribution in [-0.4, -0.2) is 15.8 Å². The second kappa shape index (κ2) is 5.08. The van der Waals surface area contributed by atoms with E-state index in [1.807, 2.05) is 30.3 Å². The molecule has 1 unspecified atom stereocenters. The molecular formula is C17H17N5O.